The first kappa shape index (κ1) is 13.2. The number of fused-ring (bicyclic) bond motifs is 2. The van der Waals surface area contributed by atoms with Crippen LogP contribution in [0.5, 0.6) is 11.5 Å². The van der Waals surface area contributed by atoms with Crippen molar-refractivity contribution in [3.63, 3.8) is 0 Å². The Morgan fingerprint density at radius 2 is 1.81 bits per heavy atom. The Kier molecular flexibility index (Phi) is 2.73. The molecule has 0 aliphatic carbocycles. The lowest BCUT2D eigenvalue weighted by atomic mass is 9.98. The van der Waals surface area contributed by atoms with E-state index in [1.54, 1.807) is 12.1 Å². The normalized spacial score (nSPS) is 11.1. The molecule has 0 aliphatic rings. The first-order valence-corrected chi connectivity index (χ1v) is 6.39. The summed E-state index contributed by atoms with van der Waals surface area (Å²) in [6.07, 6.45) is 0. The number of benzene rings is 2. The molecule has 3 N–H and O–H groups in total. The van der Waals surface area contributed by atoms with Crippen LogP contribution in [0.1, 0.15) is 21.5 Å². The number of aromatic carboxylic acids is 1. The first-order valence-electron chi connectivity index (χ1n) is 6.39. The minimum absolute atomic E-state index is 0.000648. The standard InChI is InChI=1S/C16H13NO4/c1-7-3-4-10-9(5-7)13(16(20)21)14-11(17-10)6-12(18)8(2)15(14)19/h3-6,18-19H,1-2H3,(H,20,21). The Bertz CT molecular complexity index is 915. The Hall–Kier alpha value is -2.82. The molecule has 0 bridgehead atoms. The Balaban J connectivity index is 2.65. The van der Waals surface area contributed by atoms with Gasteiger partial charge in [-0.15, -0.1) is 0 Å². The lowest BCUT2D eigenvalue weighted by Crippen LogP contribution is -2.02. The minimum Gasteiger partial charge on any atom is -0.507 e. The summed E-state index contributed by atoms with van der Waals surface area (Å²) in [5, 5.41) is 30.2. The van der Waals surface area contributed by atoms with Gasteiger partial charge in [-0.05, 0) is 26.0 Å². The van der Waals surface area contributed by atoms with Crippen molar-refractivity contribution >= 4 is 27.8 Å². The average Bonchev–Trinajstić information content (AvgIpc) is 2.43. The number of carboxylic acids is 1. The van der Waals surface area contributed by atoms with Crippen LogP contribution in [-0.2, 0) is 0 Å². The highest BCUT2D eigenvalue weighted by atomic mass is 16.4. The highest BCUT2D eigenvalue weighted by molar-refractivity contribution is 6.16. The topological polar surface area (TPSA) is 90.7 Å². The van der Waals surface area contributed by atoms with E-state index >= 15 is 0 Å². The molecule has 0 atom stereocenters. The fraction of sp³-hybridized carbons (Fsp3) is 0.125. The maximum absolute atomic E-state index is 11.7. The second kappa shape index (κ2) is 4.34. The van der Waals surface area contributed by atoms with E-state index in [1.807, 2.05) is 13.0 Å². The number of nitrogens with zero attached hydrogens (tertiary/aromatic N) is 1. The highest BCUT2D eigenvalue weighted by Crippen LogP contribution is 2.38. The summed E-state index contributed by atoms with van der Waals surface area (Å²) in [5.74, 6) is -1.51. The van der Waals surface area contributed by atoms with Gasteiger partial charge in [0, 0.05) is 17.0 Å². The summed E-state index contributed by atoms with van der Waals surface area (Å²) in [6, 6.07) is 6.66. The van der Waals surface area contributed by atoms with Crippen molar-refractivity contribution in [2.45, 2.75) is 13.8 Å². The predicted octanol–water partition coefficient (Wildman–Crippen LogP) is 3.11. The molecular weight excluding hydrogens is 270 g/mol. The monoisotopic (exact) mass is 283 g/mol. The number of aromatic nitrogens is 1. The predicted molar refractivity (Wildman–Crippen MR) is 79.0 cm³/mol. The SMILES string of the molecule is Cc1ccc2nc3cc(O)c(C)c(O)c3c(C(=O)O)c2c1. The molecule has 2 aromatic carbocycles. The van der Waals surface area contributed by atoms with Gasteiger partial charge in [-0.25, -0.2) is 9.78 Å². The Labute approximate surface area is 120 Å². The van der Waals surface area contributed by atoms with Gasteiger partial charge in [-0.2, -0.15) is 0 Å². The van der Waals surface area contributed by atoms with E-state index in [9.17, 15) is 20.1 Å². The molecule has 0 amide bonds. The molecule has 5 nitrogen and oxygen atoms in total. The lowest BCUT2D eigenvalue weighted by molar-refractivity contribution is 0.0701. The number of carboxylic acid groups (broad SMARTS) is 1. The maximum atomic E-state index is 11.7. The highest BCUT2D eigenvalue weighted by Gasteiger charge is 2.20. The molecule has 3 rings (SSSR count). The minimum atomic E-state index is -1.14. The number of hydrogen-bond acceptors (Lipinski definition) is 4. The molecular formula is C16H13NO4. The number of phenolic OH excluding ortho intramolecular Hbond substituents is 2. The van der Waals surface area contributed by atoms with E-state index in [0.29, 0.717) is 10.9 Å². The van der Waals surface area contributed by atoms with Crippen molar-refractivity contribution < 1.29 is 20.1 Å². The molecule has 0 aliphatic heterocycles. The number of aromatic hydroxyl groups is 2. The van der Waals surface area contributed by atoms with E-state index in [0.717, 1.165) is 5.56 Å². The van der Waals surface area contributed by atoms with Gasteiger partial charge >= 0.3 is 5.97 Å². The Morgan fingerprint density at radius 1 is 1.10 bits per heavy atom. The average molecular weight is 283 g/mol. The lowest BCUT2D eigenvalue weighted by Gasteiger charge is -2.12. The smallest absolute Gasteiger partial charge is 0.337 e. The molecule has 0 radical (unpaired) electrons. The van der Waals surface area contributed by atoms with Crippen molar-refractivity contribution in [3.8, 4) is 11.5 Å². The molecule has 5 heteroatoms. The van der Waals surface area contributed by atoms with Gasteiger partial charge in [-0.3, -0.25) is 0 Å². The molecule has 1 heterocycles. The molecule has 0 unspecified atom stereocenters. The molecule has 21 heavy (non-hydrogen) atoms. The second-order valence-corrected chi connectivity index (χ2v) is 5.08. The van der Waals surface area contributed by atoms with Crippen molar-refractivity contribution in [2.24, 2.45) is 0 Å². The van der Waals surface area contributed by atoms with E-state index in [4.69, 9.17) is 0 Å². The van der Waals surface area contributed by atoms with E-state index < -0.39 is 5.97 Å². The molecule has 0 saturated carbocycles. The summed E-state index contributed by atoms with van der Waals surface area (Å²) >= 11 is 0. The summed E-state index contributed by atoms with van der Waals surface area (Å²) in [6.45, 7) is 3.38. The van der Waals surface area contributed by atoms with Crippen LogP contribution < -0.4 is 0 Å². The molecule has 3 aromatic rings. The van der Waals surface area contributed by atoms with Crippen molar-refractivity contribution in [1.82, 2.24) is 4.98 Å². The van der Waals surface area contributed by atoms with E-state index in [2.05, 4.69) is 4.98 Å². The van der Waals surface area contributed by atoms with Crippen LogP contribution in [-0.4, -0.2) is 26.3 Å². The second-order valence-electron chi connectivity index (χ2n) is 5.08. The summed E-state index contributed by atoms with van der Waals surface area (Å²) in [5.41, 5.74) is 1.90. The van der Waals surface area contributed by atoms with Gasteiger partial charge < -0.3 is 15.3 Å². The maximum Gasteiger partial charge on any atom is 0.337 e. The van der Waals surface area contributed by atoms with E-state index in [1.165, 1.54) is 13.0 Å². The largest absolute Gasteiger partial charge is 0.507 e. The van der Waals surface area contributed by atoms with Crippen LogP contribution in [0, 0.1) is 13.8 Å². The number of carbonyl (C=O) groups is 1. The number of hydrogen-bond donors (Lipinski definition) is 3. The fourth-order valence-corrected chi connectivity index (χ4v) is 2.51. The fourth-order valence-electron chi connectivity index (χ4n) is 2.51. The first-order chi connectivity index (χ1) is 9.90. The summed E-state index contributed by atoms with van der Waals surface area (Å²) in [7, 11) is 0. The number of rotatable bonds is 1. The molecule has 106 valence electrons. The van der Waals surface area contributed by atoms with Crippen LogP contribution in [0.3, 0.4) is 0 Å². The molecule has 0 fully saturated rings. The number of phenols is 2. The van der Waals surface area contributed by atoms with Crippen molar-refractivity contribution in [3.05, 3.63) is 41.0 Å². The van der Waals surface area contributed by atoms with Crippen LogP contribution in [0.4, 0.5) is 0 Å². The van der Waals surface area contributed by atoms with Gasteiger partial charge in [-0.1, -0.05) is 11.6 Å². The van der Waals surface area contributed by atoms with Crippen LogP contribution in [0.25, 0.3) is 21.8 Å². The van der Waals surface area contributed by atoms with E-state index in [-0.39, 0.29) is 33.5 Å². The third kappa shape index (κ3) is 1.86. The molecule has 1 aromatic heterocycles. The third-order valence-electron chi connectivity index (χ3n) is 3.63. The zero-order valence-electron chi connectivity index (χ0n) is 11.5. The quantitative estimate of drug-likeness (QED) is 0.597. The zero-order chi connectivity index (χ0) is 15.3. The zero-order valence-corrected chi connectivity index (χ0v) is 11.5. The van der Waals surface area contributed by atoms with Gasteiger partial charge in [0.15, 0.2) is 0 Å². The summed E-state index contributed by atoms with van der Waals surface area (Å²) in [4.78, 5) is 16.0. The van der Waals surface area contributed by atoms with Crippen LogP contribution >= 0.6 is 0 Å². The summed E-state index contributed by atoms with van der Waals surface area (Å²) < 4.78 is 0. The van der Waals surface area contributed by atoms with Crippen molar-refractivity contribution in [2.75, 3.05) is 0 Å². The van der Waals surface area contributed by atoms with Gasteiger partial charge in [0.1, 0.15) is 11.5 Å². The number of aryl methyl sites for hydroxylation is 1. The van der Waals surface area contributed by atoms with Gasteiger partial charge in [0.2, 0.25) is 0 Å². The number of pyridine rings is 1. The van der Waals surface area contributed by atoms with Crippen LogP contribution in [0.2, 0.25) is 0 Å². The third-order valence-corrected chi connectivity index (χ3v) is 3.63. The Morgan fingerprint density at radius 3 is 2.48 bits per heavy atom. The van der Waals surface area contributed by atoms with Gasteiger partial charge in [0.05, 0.1) is 22.0 Å². The van der Waals surface area contributed by atoms with Crippen molar-refractivity contribution in [1.29, 1.82) is 0 Å². The van der Waals surface area contributed by atoms with Gasteiger partial charge in [0.25, 0.3) is 0 Å². The van der Waals surface area contributed by atoms with Crippen LogP contribution in [0.15, 0.2) is 24.3 Å². The molecule has 0 spiro atoms. The molecule has 0 saturated heterocycles.